The largest absolute Gasteiger partial charge is 0.329 e. The minimum Gasteiger partial charge on any atom is -0.329 e. The van der Waals surface area contributed by atoms with Crippen molar-refractivity contribution in [3.63, 3.8) is 0 Å². The molecule has 1 atom stereocenters. The highest BCUT2D eigenvalue weighted by Gasteiger charge is 2.38. The Labute approximate surface area is 86.0 Å². The van der Waals surface area contributed by atoms with Crippen LogP contribution in [0.3, 0.4) is 0 Å². The lowest BCUT2D eigenvalue weighted by Gasteiger charge is -2.41. The van der Waals surface area contributed by atoms with Crippen LogP contribution in [0.5, 0.6) is 0 Å². The van der Waals surface area contributed by atoms with Crippen LogP contribution in [0.15, 0.2) is 0 Å². The predicted octanol–water partition coefficient (Wildman–Crippen LogP) is 0.581. The number of rotatable bonds is 2. The molecule has 4 nitrogen and oxygen atoms in total. The molecule has 1 saturated heterocycles. The Morgan fingerprint density at radius 2 is 2.07 bits per heavy atom. The van der Waals surface area contributed by atoms with Gasteiger partial charge in [-0.25, -0.2) is 5.01 Å². The first-order valence-electron chi connectivity index (χ1n) is 5.17. The van der Waals surface area contributed by atoms with Crippen molar-refractivity contribution in [1.29, 1.82) is 0 Å². The SMILES string of the molecule is CC(CN)N1CCC(=O)N1C(C)(C)C. The summed E-state index contributed by atoms with van der Waals surface area (Å²) in [5, 5.41) is 3.94. The normalized spacial score (nSPS) is 21.8. The van der Waals surface area contributed by atoms with Gasteiger partial charge in [0.15, 0.2) is 0 Å². The predicted molar refractivity (Wildman–Crippen MR) is 56.4 cm³/mol. The lowest BCUT2D eigenvalue weighted by atomic mass is 10.1. The molecule has 82 valence electrons. The number of hydrogen-bond donors (Lipinski definition) is 1. The molecule has 0 bridgehead atoms. The van der Waals surface area contributed by atoms with Crippen molar-refractivity contribution in [3.8, 4) is 0 Å². The molecule has 4 heteroatoms. The summed E-state index contributed by atoms with van der Waals surface area (Å²) in [6.07, 6.45) is 0.613. The topological polar surface area (TPSA) is 49.6 Å². The maximum Gasteiger partial charge on any atom is 0.238 e. The highest BCUT2D eigenvalue weighted by Crippen LogP contribution is 2.24. The van der Waals surface area contributed by atoms with E-state index >= 15 is 0 Å². The first-order valence-corrected chi connectivity index (χ1v) is 5.17. The zero-order valence-electron chi connectivity index (χ0n) is 9.58. The summed E-state index contributed by atoms with van der Waals surface area (Å²) in [5.41, 5.74) is 5.48. The van der Waals surface area contributed by atoms with Gasteiger partial charge in [0.05, 0.1) is 5.54 Å². The fourth-order valence-electron chi connectivity index (χ4n) is 1.86. The Morgan fingerprint density at radius 3 is 2.50 bits per heavy atom. The maximum atomic E-state index is 11.7. The quantitative estimate of drug-likeness (QED) is 0.708. The monoisotopic (exact) mass is 199 g/mol. The first kappa shape index (κ1) is 11.5. The van der Waals surface area contributed by atoms with Crippen molar-refractivity contribution in [1.82, 2.24) is 10.0 Å². The molecular weight excluding hydrogens is 178 g/mol. The molecule has 1 unspecified atom stereocenters. The van der Waals surface area contributed by atoms with E-state index in [9.17, 15) is 4.79 Å². The minimum atomic E-state index is -0.142. The molecule has 14 heavy (non-hydrogen) atoms. The van der Waals surface area contributed by atoms with Crippen LogP contribution in [0.4, 0.5) is 0 Å². The van der Waals surface area contributed by atoms with Gasteiger partial charge in [-0.2, -0.15) is 0 Å². The fourth-order valence-corrected chi connectivity index (χ4v) is 1.86. The van der Waals surface area contributed by atoms with Crippen LogP contribution in [0.1, 0.15) is 34.1 Å². The van der Waals surface area contributed by atoms with Crippen molar-refractivity contribution >= 4 is 5.91 Å². The Bertz CT molecular complexity index is 222. The standard InChI is InChI=1S/C10H21N3O/c1-8(7-11)12-6-5-9(14)13(12)10(2,3)4/h8H,5-7,11H2,1-4H3. The Morgan fingerprint density at radius 1 is 1.50 bits per heavy atom. The molecule has 0 radical (unpaired) electrons. The van der Waals surface area contributed by atoms with Crippen LogP contribution >= 0.6 is 0 Å². The van der Waals surface area contributed by atoms with Crippen LogP contribution in [-0.4, -0.2) is 40.6 Å². The summed E-state index contributed by atoms with van der Waals surface area (Å²) in [7, 11) is 0. The molecule has 1 aliphatic rings. The van der Waals surface area contributed by atoms with Gasteiger partial charge in [-0.3, -0.25) is 9.80 Å². The van der Waals surface area contributed by atoms with Crippen LogP contribution in [0.25, 0.3) is 0 Å². The lowest BCUT2D eigenvalue weighted by Crippen LogP contribution is -2.55. The molecule has 1 fully saturated rings. The van der Waals surface area contributed by atoms with E-state index in [0.717, 1.165) is 6.54 Å². The van der Waals surface area contributed by atoms with E-state index in [0.29, 0.717) is 13.0 Å². The van der Waals surface area contributed by atoms with Crippen molar-refractivity contribution in [2.45, 2.75) is 45.7 Å². The number of carbonyl (C=O) groups is 1. The second-order valence-electron chi connectivity index (χ2n) is 4.87. The zero-order chi connectivity index (χ0) is 10.9. The number of nitrogens with zero attached hydrogens (tertiary/aromatic N) is 2. The molecule has 2 N–H and O–H groups in total. The van der Waals surface area contributed by atoms with Gasteiger partial charge in [0.1, 0.15) is 0 Å². The highest BCUT2D eigenvalue weighted by atomic mass is 16.2. The van der Waals surface area contributed by atoms with Gasteiger partial charge in [-0.05, 0) is 27.7 Å². The summed E-state index contributed by atoms with van der Waals surface area (Å²) in [6.45, 7) is 9.58. The van der Waals surface area contributed by atoms with Gasteiger partial charge in [0.2, 0.25) is 5.91 Å². The molecule has 1 aliphatic heterocycles. The fraction of sp³-hybridized carbons (Fsp3) is 0.900. The van der Waals surface area contributed by atoms with E-state index in [1.165, 1.54) is 0 Å². The lowest BCUT2D eigenvalue weighted by molar-refractivity contribution is -0.152. The van der Waals surface area contributed by atoms with Crippen molar-refractivity contribution < 1.29 is 4.79 Å². The van der Waals surface area contributed by atoms with Gasteiger partial charge < -0.3 is 5.73 Å². The Balaban J connectivity index is 2.82. The minimum absolute atomic E-state index is 0.142. The van der Waals surface area contributed by atoms with Crippen LogP contribution in [0.2, 0.25) is 0 Å². The maximum absolute atomic E-state index is 11.7. The van der Waals surface area contributed by atoms with E-state index in [1.54, 1.807) is 0 Å². The molecule has 1 rings (SSSR count). The zero-order valence-corrected chi connectivity index (χ0v) is 9.58. The summed E-state index contributed by atoms with van der Waals surface area (Å²) < 4.78 is 0. The van der Waals surface area contributed by atoms with Crippen LogP contribution < -0.4 is 5.73 Å². The van der Waals surface area contributed by atoms with E-state index in [4.69, 9.17) is 5.73 Å². The third-order valence-corrected chi connectivity index (χ3v) is 2.53. The molecule has 0 spiro atoms. The van der Waals surface area contributed by atoms with Crippen LogP contribution in [0, 0.1) is 0 Å². The van der Waals surface area contributed by atoms with E-state index in [1.807, 2.05) is 25.8 Å². The Kier molecular flexibility index (Phi) is 3.17. The molecular formula is C10H21N3O. The molecule has 0 aromatic heterocycles. The summed E-state index contributed by atoms with van der Waals surface area (Å²) in [5.74, 6) is 0.206. The van der Waals surface area contributed by atoms with E-state index < -0.39 is 0 Å². The average Bonchev–Trinajstić information content (AvgIpc) is 2.44. The molecule has 0 saturated carbocycles. The average molecular weight is 199 g/mol. The summed E-state index contributed by atoms with van der Waals surface area (Å²) in [4.78, 5) is 11.7. The number of amides is 1. The number of nitrogens with two attached hydrogens (primary N) is 1. The molecule has 0 aromatic rings. The number of hydrogen-bond acceptors (Lipinski definition) is 3. The van der Waals surface area contributed by atoms with Crippen molar-refractivity contribution in [2.24, 2.45) is 5.73 Å². The third-order valence-electron chi connectivity index (χ3n) is 2.53. The number of hydrazine groups is 1. The first-order chi connectivity index (χ1) is 6.38. The van der Waals surface area contributed by atoms with Gasteiger partial charge in [0, 0.05) is 25.6 Å². The highest BCUT2D eigenvalue weighted by molar-refractivity contribution is 5.78. The second-order valence-corrected chi connectivity index (χ2v) is 4.87. The Hall–Kier alpha value is -0.610. The van der Waals surface area contributed by atoms with Crippen molar-refractivity contribution in [2.75, 3.05) is 13.1 Å². The molecule has 1 heterocycles. The molecule has 1 amide bonds. The smallest absolute Gasteiger partial charge is 0.238 e. The van der Waals surface area contributed by atoms with Crippen molar-refractivity contribution in [3.05, 3.63) is 0 Å². The van der Waals surface area contributed by atoms with Gasteiger partial charge >= 0.3 is 0 Å². The van der Waals surface area contributed by atoms with Crippen LogP contribution in [-0.2, 0) is 4.79 Å². The van der Waals surface area contributed by atoms with Gasteiger partial charge in [0.25, 0.3) is 0 Å². The summed E-state index contributed by atoms with van der Waals surface area (Å²) >= 11 is 0. The summed E-state index contributed by atoms with van der Waals surface area (Å²) in [6, 6.07) is 0.237. The van der Waals surface area contributed by atoms with E-state index in [-0.39, 0.29) is 17.5 Å². The van der Waals surface area contributed by atoms with Gasteiger partial charge in [-0.1, -0.05) is 0 Å². The second kappa shape index (κ2) is 3.87. The van der Waals surface area contributed by atoms with E-state index in [2.05, 4.69) is 11.9 Å². The number of carbonyl (C=O) groups excluding carboxylic acids is 1. The third kappa shape index (κ3) is 2.07. The molecule has 0 aromatic carbocycles. The van der Waals surface area contributed by atoms with Gasteiger partial charge in [-0.15, -0.1) is 0 Å². The molecule has 0 aliphatic carbocycles.